The van der Waals surface area contributed by atoms with Crippen molar-refractivity contribution in [2.45, 2.75) is 13.1 Å². The number of alkyl halides is 3. The van der Waals surface area contributed by atoms with Crippen molar-refractivity contribution >= 4 is 34.0 Å². The quantitative estimate of drug-likeness (QED) is 0.871. The highest BCUT2D eigenvalue weighted by molar-refractivity contribution is 7.16. The van der Waals surface area contributed by atoms with E-state index >= 15 is 0 Å². The van der Waals surface area contributed by atoms with Crippen LogP contribution in [-0.2, 0) is 15.7 Å². The molecule has 3 rings (SSSR count). The topological polar surface area (TPSA) is 99.6 Å². The molecular weight excluding hydrogens is 373 g/mol. The molecule has 2 N–H and O–H groups in total. The Hall–Kier alpha value is -2.95. The van der Waals surface area contributed by atoms with Gasteiger partial charge < -0.3 is 10.5 Å². The predicted octanol–water partition coefficient (Wildman–Crippen LogP) is 2.19. The number of nitrogen functional groups attached to an aromatic ring is 1. The van der Waals surface area contributed by atoms with Crippen LogP contribution < -0.4 is 11.3 Å². The van der Waals surface area contributed by atoms with E-state index in [1.165, 1.54) is 24.3 Å². The van der Waals surface area contributed by atoms with Gasteiger partial charge in [0.05, 0.1) is 12.2 Å². The van der Waals surface area contributed by atoms with E-state index in [-0.39, 0.29) is 45.8 Å². The zero-order chi connectivity index (χ0) is 19.1. The minimum atomic E-state index is -4.67. The number of nitrogens with zero attached hydrogens (tertiary/aromatic N) is 3. The molecule has 0 aromatic carbocycles. The van der Waals surface area contributed by atoms with E-state index in [1.54, 1.807) is 6.92 Å². The Bertz CT molecular complexity index is 1050. The normalized spacial score (nSPS) is 16.4. The molecule has 1 aliphatic rings. The lowest BCUT2D eigenvalue weighted by Gasteiger charge is -2.10. The number of anilines is 1. The molecule has 136 valence electrons. The number of aromatic nitrogens is 3. The van der Waals surface area contributed by atoms with Gasteiger partial charge in [-0.15, -0.1) is 5.10 Å². The number of ether oxygens (including phenoxy) is 1. The van der Waals surface area contributed by atoms with Crippen molar-refractivity contribution in [3.05, 3.63) is 50.5 Å². The van der Waals surface area contributed by atoms with Crippen LogP contribution in [0.15, 0.2) is 34.4 Å². The Morgan fingerprint density at radius 2 is 2.08 bits per heavy atom. The lowest BCUT2D eigenvalue weighted by Crippen LogP contribution is -2.17. The van der Waals surface area contributed by atoms with E-state index in [9.17, 15) is 22.8 Å². The molecule has 11 heteroatoms. The molecule has 2 heterocycles. The smallest absolute Gasteiger partial charge is 0.445 e. The highest BCUT2D eigenvalue weighted by atomic mass is 32.1. The van der Waals surface area contributed by atoms with E-state index < -0.39 is 16.7 Å². The van der Waals surface area contributed by atoms with E-state index in [4.69, 9.17) is 10.5 Å². The largest absolute Gasteiger partial charge is 0.490 e. The molecule has 2 aromatic rings. The summed E-state index contributed by atoms with van der Waals surface area (Å²) in [4.78, 5) is 27.2. The summed E-state index contributed by atoms with van der Waals surface area (Å²) in [5.74, 6) is -0.533. The molecule has 26 heavy (non-hydrogen) atoms. The zero-order valence-corrected chi connectivity index (χ0v) is 14.0. The number of carbonyl (C=O) groups excluding carboxylic acids is 1. The molecule has 7 nitrogen and oxygen atoms in total. The second-order valence-corrected chi connectivity index (χ2v) is 6.05. The molecule has 0 fully saturated rings. The van der Waals surface area contributed by atoms with Crippen molar-refractivity contribution in [3.63, 3.8) is 0 Å². The van der Waals surface area contributed by atoms with Crippen LogP contribution in [-0.4, -0.2) is 27.0 Å². The highest BCUT2D eigenvalue weighted by Crippen LogP contribution is 2.33. The Kier molecular flexibility index (Phi) is 4.40. The van der Waals surface area contributed by atoms with E-state index in [2.05, 4.69) is 10.1 Å². The lowest BCUT2D eigenvalue weighted by molar-refractivity contribution is -0.138. The molecule has 0 unspecified atom stereocenters. The van der Waals surface area contributed by atoms with Crippen molar-refractivity contribution in [2.24, 2.45) is 0 Å². The first-order valence-electron chi connectivity index (χ1n) is 7.26. The third kappa shape index (κ3) is 3.25. The number of allylic oxidation sites excluding steroid dienone is 4. The van der Waals surface area contributed by atoms with Crippen LogP contribution in [0.3, 0.4) is 0 Å². The monoisotopic (exact) mass is 384 g/mol. The fourth-order valence-corrected chi connectivity index (χ4v) is 2.95. The average Bonchev–Trinajstić information content (AvgIpc) is 2.99. The number of rotatable bonds is 3. The summed E-state index contributed by atoms with van der Waals surface area (Å²) in [6, 6.07) is 0. The van der Waals surface area contributed by atoms with Crippen LogP contribution >= 0.6 is 11.3 Å². The molecule has 0 radical (unpaired) electrons. The van der Waals surface area contributed by atoms with Gasteiger partial charge in [0.2, 0.25) is 15.8 Å². The zero-order valence-electron chi connectivity index (χ0n) is 13.2. The van der Waals surface area contributed by atoms with Crippen molar-refractivity contribution in [2.75, 3.05) is 12.3 Å². The molecular formula is C15H11F3N4O3S. The minimum absolute atomic E-state index is 0.0852. The number of ketones is 1. The maximum absolute atomic E-state index is 12.8. The van der Waals surface area contributed by atoms with Crippen LogP contribution in [0.25, 0.3) is 11.0 Å². The number of fused-ring (bicyclic) bond motifs is 1. The van der Waals surface area contributed by atoms with Gasteiger partial charge in [-0.3, -0.25) is 9.59 Å². The summed E-state index contributed by atoms with van der Waals surface area (Å²) in [7, 11) is 0. The van der Waals surface area contributed by atoms with Gasteiger partial charge in [-0.05, 0) is 30.7 Å². The summed E-state index contributed by atoms with van der Waals surface area (Å²) in [5.41, 5.74) is 5.30. The fraction of sp³-hybridized carbons (Fsp3) is 0.200. The van der Waals surface area contributed by atoms with E-state index in [0.29, 0.717) is 5.57 Å². The number of halogens is 3. The molecule has 1 aliphatic carbocycles. The van der Waals surface area contributed by atoms with Crippen LogP contribution in [0.2, 0.25) is 0 Å². The van der Waals surface area contributed by atoms with Crippen molar-refractivity contribution in [3.8, 4) is 0 Å². The number of carbonyl (C=O) groups is 1. The Labute approximate surface area is 147 Å². The summed E-state index contributed by atoms with van der Waals surface area (Å²) in [6.45, 7) is 1.98. The standard InChI is InChI=1S/C15H11F3N4O3S/c1-2-25-10-6-7(3-4-9(10)23)5-8-11(19)22-14(20-12(8)24)26-13(21-22)15(16,17)18/h3-6H,2,19H2,1H3/b7-5-. The van der Waals surface area contributed by atoms with Crippen LogP contribution in [0.4, 0.5) is 19.0 Å². The van der Waals surface area contributed by atoms with Gasteiger partial charge in [0.15, 0.2) is 5.76 Å². The SMILES string of the molecule is CCOC1=C/C(=C\c2c(N)n3nc(C(F)(F)F)sc3nc2=O)C=CC1=O. The third-order valence-electron chi connectivity index (χ3n) is 3.31. The van der Waals surface area contributed by atoms with Gasteiger partial charge in [-0.1, -0.05) is 17.4 Å². The summed E-state index contributed by atoms with van der Waals surface area (Å²) < 4.78 is 44.3. The Balaban J connectivity index is 2.12. The van der Waals surface area contributed by atoms with Crippen LogP contribution in [0, 0.1) is 0 Å². The molecule has 0 spiro atoms. The van der Waals surface area contributed by atoms with Crippen molar-refractivity contribution < 1.29 is 22.7 Å². The van der Waals surface area contributed by atoms with Gasteiger partial charge >= 0.3 is 6.18 Å². The number of hydrogen-bond donors (Lipinski definition) is 1. The van der Waals surface area contributed by atoms with Gasteiger partial charge in [-0.25, -0.2) is 0 Å². The minimum Gasteiger partial charge on any atom is -0.490 e. The molecule has 2 aromatic heterocycles. The van der Waals surface area contributed by atoms with E-state index in [1.807, 2.05) is 0 Å². The maximum Gasteiger partial charge on any atom is 0.445 e. The van der Waals surface area contributed by atoms with Crippen molar-refractivity contribution in [1.82, 2.24) is 14.6 Å². The highest BCUT2D eigenvalue weighted by Gasteiger charge is 2.36. The average molecular weight is 384 g/mol. The second-order valence-electron chi connectivity index (χ2n) is 5.10. The molecule has 0 aliphatic heterocycles. The third-order valence-corrected chi connectivity index (χ3v) is 4.27. The summed E-state index contributed by atoms with van der Waals surface area (Å²) in [6.07, 6.45) is 0.726. The molecule has 0 bridgehead atoms. The van der Waals surface area contributed by atoms with Gasteiger partial charge in [-0.2, -0.15) is 22.7 Å². The van der Waals surface area contributed by atoms with Gasteiger partial charge in [0, 0.05) is 0 Å². The van der Waals surface area contributed by atoms with Gasteiger partial charge in [0.25, 0.3) is 5.56 Å². The molecule has 0 saturated carbocycles. The fourth-order valence-electron chi connectivity index (χ4n) is 2.18. The molecule has 0 atom stereocenters. The second kappa shape index (κ2) is 6.41. The lowest BCUT2D eigenvalue weighted by atomic mass is 10.0. The first kappa shape index (κ1) is 17.9. The Morgan fingerprint density at radius 3 is 2.73 bits per heavy atom. The maximum atomic E-state index is 12.8. The summed E-state index contributed by atoms with van der Waals surface area (Å²) in [5, 5.41) is 2.21. The van der Waals surface area contributed by atoms with Gasteiger partial charge in [0.1, 0.15) is 5.82 Å². The van der Waals surface area contributed by atoms with Crippen LogP contribution in [0.5, 0.6) is 0 Å². The van der Waals surface area contributed by atoms with Crippen LogP contribution in [0.1, 0.15) is 17.5 Å². The predicted molar refractivity (Wildman–Crippen MR) is 88.4 cm³/mol. The molecule has 0 amide bonds. The first-order chi connectivity index (χ1) is 12.2. The number of nitrogens with two attached hydrogens (primary N) is 1. The molecule has 0 saturated heterocycles. The Morgan fingerprint density at radius 1 is 1.35 bits per heavy atom. The van der Waals surface area contributed by atoms with Crippen molar-refractivity contribution in [1.29, 1.82) is 0 Å². The van der Waals surface area contributed by atoms with E-state index in [0.717, 1.165) is 4.52 Å². The summed E-state index contributed by atoms with van der Waals surface area (Å²) >= 11 is 0.219. The first-order valence-corrected chi connectivity index (χ1v) is 8.07. The number of hydrogen-bond acceptors (Lipinski definition) is 7.